The van der Waals surface area contributed by atoms with Gasteiger partial charge in [-0.1, -0.05) is 13.8 Å². The number of rotatable bonds is 3. The quantitative estimate of drug-likeness (QED) is 0.692. The molecule has 1 atom stereocenters. The molecular formula is C10H17NOS. The van der Waals surface area contributed by atoms with Crippen LogP contribution >= 0.6 is 11.8 Å². The van der Waals surface area contributed by atoms with Crippen molar-refractivity contribution in [2.45, 2.75) is 49.7 Å². The topological polar surface area (TPSA) is 20.3 Å². The van der Waals surface area contributed by atoms with Gasteiger partial charge in [0.15, 0.2) is 0 Å². The molecule has 2 rings (SSSR count). The number of nitrogens with zero attached hydrogens (tertiary/aromatic N) is 1. The molecule has 0 N–H and O–H groups in total. The number of hydrogen-bond donors (Lipinski definition) is 0. The Balaban J connectivity index is 1.90. The van der Waals surface area contributed by atoms with E-state index in [1.165, 1.54) is 12.8 Å². The fourth-order valence-corrected chi connectivity index (χ4v) is 3.03. The average molecular weight is 199 g/mol. The van der Waals surface area contributed by atoms with Crippen molar-refractivity contribution < 1.29 is 4.79 Å². The molecule has 0 spiro atoms. The van der Waals surface area contributed by atoms with Crippen LogP contribution in [0.2, 0.25) is 0 Å². The van der Waals surface area contributed by atoms with Crippen molar-refractivity contribution in [3.05, 3.63) is 0 Å². The van der Waals surface area contributed by atoms with E-state index in [2.05, 4.69) is 18.7 Å². The van der Waals surface area contributed by atoms with E-state index in [1.54, 1.807) is 0 Å². The van der Waals surface area contributed by atoms with Crippen LogP contribution in [0.4, 0.5) is 0 Å². The molecule has 2 fully saturated rings. The van der Waals surface area contributed by atoms with E-state index in [4.69, 9.17) is 0 Å². The molecule has 1 saturated carbocycles. The SMILES string of the molecule is CC(C)SC1CCN(C2CC2)C1=O. The van der Waals surface area contributed by atoms with Gasteiger partial charge >= 0.3 is 0 Å². The molecule has 0 aromatic carbocycles. The lowest BCUT2D eigenvalue weighted by molar-refractivity contribution is -0.127. The zero-order valence-corrected chi connectivity index (χ0v) is 9.14. The molecule has 2 nitrogen and oxygen atoms in total. The predicted octanol–water partition coefficient (Wildman–Crippen LogP) is 1.89. The largest absolute Gasteiger partial charge is 0.339 e. The highest BCUT2D eigenvalue weighted by molar-refractivity contribution is 8.01. The molecule has 1 amide bonds. The molecule has 1 unspecified atom stereocenters. The van der Waals surface area contributed by atoms with Crippen molar-refractivity contribution >= 4 is 17.7 Å². The summed E-state index contributed by atoms with van der Waals surface area (Å²) in [6, 6.07) is 0.616. The van der Waals surface area contributed by atoms with Crippen molar-refractivity contribution in [2.24, 2.45) is 0 Å². The van der Waals surface area contributed by atoms with Crippen LogP contribution in [0.15, 0.2) is 0 Å². The summed E-state index contributed by atoms with van der Waals surface area (Å²) >= 11 is 1.83. The van der Waals surface area contributed by atoms with Crippen molar-refractivity contribution in [1.29, 1.82) is 0 Å². The summed E-state index contributed by atoms with van der Waals surface area (Å²) < 4.78 is 0. The van der Waals surface area contributed by atoms with Gasteiger partial charge in [0.2, 0.25) is 5.91 Å². The van der Waals surface area contributed by atoms with Crippen LogP contribution in [-0.4, -0.2) is 33.9 Å². The third-order valence-corrected chi connectivity index (χ3v) is 3.92. The van der Waals surface area contributed by atoms with E-state index in [-0.39, 0.29) is 5.25 Å². The van der Waals surface area contributed by atoms with Gasteiger partial charge in [0.25, 0.3) is 0 Å². The molecule has 13 heavy (non-hydrogen) atoms. The Hall–Kier alpha value is -0.180. The first-order valence-electron chi connectivity index (χ1n) is 5.14. The molecule has 0 bridgehead atoms. The number of carbonyl (C=O) groups excluding carboxylic acids is 1. The average Bonchev–Trinajstić information content (AvgIpc) is 2.81. The molecule has 0 aromatic rings. The molecule has 1 aliphatic heterocycles. The van der Waals surface area contributed by atoms with Crippen molar-refractivity contribution in [3.8, 4) is 0 Å². The summed E-state index contributed by atoms with van der Waals surface area (Å²) in [6.45, 7) is 5.34. The lowest BCUT2D eigenvalue weighted by atomic mass is 10.4. The summed E-state index contributed by atoms with van der Waals surface area (Å²) in [5, 5.41) is 0.841. The van der Waals surface area contributed by atoms with Gasteiger partial charge in [-0.25, -0.2) is 0 Å². The molecule has 3 heteroatoms. The third-order valence-electron chi connectivity index (χ3n) is 2.61. The zero-order valence-electron chi connectivity index (χ0n) is 8.32. The fourth-order valence-electron chi connectivity index (χ4n) is 1.88. The molecule has 0 radical (unpaired) electrons. The molecule has 0 aromatic heterocycles. The van der Waals surface area contributed by atoms with Gasteiger partial charge in [0, 0.05) is 12.6 Å². The molecule has 74 valence electrons. The number of hydrogen-bond acceptors (Lipinski definition) is 2. The fraction of sp³-hybridized carbons (Fsp3) is 0.900. The second-order valence-corrected chi connectivity index (χ2v) is 6.01. The highest BCUT2D eigenvalue weighted by Crippen LogP contribution is 2.35. The Bertz CT molecular complexity index is 213. The minimum atomic E-state index is 0.264. The van der Waals surface area contributed by atoms with Crippen LogP contribution in [0.25, 0.3) is 0 Å². The van der Waals surface area contributed by atoms with Crippen molar-refractivity contribution in [2.75, 3.05) is 6.54 Å². The first-order valence-corrected chi connectivity index (χ1v) is 6.08. The maximum atomic E-state index is 11.8. The lowest BCUT2D eigenvalue weighted by Crippen LogP contribution is -2.30. The van der Waals surface area contributed by atoms with Crippen LogP contribution in [-0.2, 0) is 4.79 Å². The van der Waals surface area contributed by atoms with Gasteiger partial charge in [0.1, 0.15) is 0 Å². The van der Waals surface area contributed by atoms with Gasteiger partial charge < -0.3 is 4.90 Å². The normalized spacial score (nSPS) is 29.0. The van der Waals surface area contributed by atoms with E-state index in [0.29, 0.717) is 17.2 Å². The van der Waals surface area contributed by atoms with Crippen LogP contribution < -0.4 is 0 Å². The standard InChI is InChI=1S/C10H17NOS/c1-7(2)13-9-5-6-11(10(9)12)8-3-4-8/h7-9H,3-6H2,1-2H3. The van der Waals surface area contributed by atoms with Gasteiger partial charge in [-0.05, 0) is 24.5 Å². The number of amides is 1. The van der Waals surface area contributed by atoms with E-state index in [9.17, 15) is 4.79 Å². The summed E-state index contributed by atoms with van der Waals surface area (Å²) in [6.07, 6.45) is 3.55. The van der Waals surface area contributed by atoms with Crippen LogP contribution in [0.5, 0.6) is 0 Å². The Labute approximate surface area is 84.1 Å². The lowest BCUT2D eigenvalue weighted by Gasteiger charge is -2.16. The number of thioether (sulfide) groups is 1. The number of likely N-dealkylation sites (tertiary alicyclic amines) is 1. The van der Waals surface area contributed by atoms with E-state index in [1.807, 2.05) is 11.8 Å². The Kier molecular flexibility index (Phi) is 2.54. The Morgan fingerprint density at radius 1 is 1.38 bits per heavy atom. The summed E-state index contributed by atoms with van der Waals surface area (Å²) in [4.78, 5) is 13.9. The Morgan fingerprint density at radius 3 is 2.62 bits per heavy atom. The van der Waals surface area contributed by atoms with Gasteiger partial charge in [-0.15, -0.1) is 11.8 Å². The van der Waals surface area contributed by atoms with E-state index >= 15 is 0 Å². The van der Waals surface area contributed by atoms with Gasteiger partial charge in [0.05, 0.1) is 5.25 Å². The zero-order chi connectivity index (χ0) is 9.42. The van der Waals surface area contributed by atoms with Crippen molar-refractivity contribution in [1.82, 2.24) is 4.90 Å². The first kappa shape index (κ1) is 9.38. The van der Waals surface area contributed by atoms with Gasteiger partial charge in [-0.2, -0.15) is 0 Å². The minimum absolute atomic E-state index is 0.264. The Morgan fingerprint density at radius 2 is 2.08 bits per heavy atom. The monoisotopic (exact) mass is 199 g/mol. The molecular weight excluding hydrogens is 182 g/mol. The number of carbonyl (C=O) groups is 1. The second kappa shape index (κ2) is 3.52. The molecule has 2 aliphatic rings. The van der Waals surface area contributed by atoms with E-state index < -0.39 is 0 Å². The second-order valence-electron chi connectivity index (χ2n) is 4.22. The summed E-state index contributed by atoms with van der Waals surface area (Å²) in [5.74, 6) is 0.404. The first-order chi connectivity index (χ1) is 6.18. The van der Waals surface area contributed by atoms with Crippen molar-refractivity contribution in [3.63, 3.8) is 0 Å². The third kappa shape index (κ3) is 2.01. The predicted molar refractivity (Wildman–Crippen MR) is 55.9 cm³/mol. The van der Waals surface area contributed by atoms with E-state index in [0.717, 1.165) is 13.0 Å². The maximum Gasteiger partial charge on any atom is 0.236 e. The minimum Gasteiger partial charge on any atom is -0.339 e. The molecule has 1 heterocycles. The molecule has 1 saturated heterocycles. The summed E-state index contributed by atoms with van der Waals surface area (Å²) in [5.41, 5.74) is 0. The maximum absolute atomic E-state index is 11.8. The molecule has 1 aliphatic carbocycles. The van der Waals surface area contributed by atoms with Crippen LogP contribution in [0, 0.1) is 0 Å². The smallest absolute Gasteiger partial charge is 0.236 e. The highest BCUT2D eigenvalue weighted by Gasteiger charge is 2.40. The van der Waals surface area contributed by atoms with Crippen LogP contribution in [0.3, 0.4) is 0 Å². The van der Waals surface area contributed by atoms with Crippen LogP contribution in [0.1, 0.15) is 33.1 Å². The van der Waals surface area contributed by atoms with Gasteiger partial charge in [-0.3, -0.25) is 4.79 Å². The summed E-state index contributed by atoms with van der Waals surface area (Å²) in [7, 11) is 0. The highest BCUT2D eigenvalue weighted by atomic mass is 32.2.